The molecule has 0 aliphatic heterocycles. The number of hydrogen-bond donors (Lipinski definition) is 1. The van der Waals surface area contributed by atoms with E-state index in [1.807, 2.05) is 30.3 Å². The van der Waals surface area contributed by atoms with E-state index < -0.39 is 0 Å². The zero-order valence-electron chi connectivity index (χ0n) is 15.1. The topological polar surface area (TPSA) is 29.5 Å². The van der Waals surface area contributed by atoms with Crippen LogP contribution >= 0.6 is 0 Å². The summed E-state index contributed by atoms with van der Waals surface area (Å²) < 4.78 is 5.73. The van der Waals surface area contributed by atoms with Gasteiger partial charge < -0.3 is 9.84 Å². The molecule has 2 heteroatoms. The van der Waals surface area contributed by atoms with Gasteiger partial charge in [-0.15, -0.1) is 0 Å². The summed E-state index contributed by atoms with van der Waals surface area (Å²) in [4.78, 5) is 0. The molecule has 0 saturated heterocycles. The normalized spacial score (nSPS) is 10.8. The Kier molecular flexibility index (Phi) is 6.86. The molecule has 3 aromatic carbocycles. The van der Waals surface area contributed by atoms with Gasteiger partial charge in [-0.3, -0.25) is 0 Å². The van der Waals surface area contributed by atoms with Gasteiger partial charge in [-0.05, 0) is 53.6 Å². The first-order valence-corrected chi connectivity index (χ1v) is 9.31. The Hall–Kier alpha value is -2.58. The van der Waals surface area contributed by atoms with Crippen LogP contribution in [0.3, 0.4) is 0 Å². The second-order valence-corrected chi connectivity index (χ2v) is 6.59. The van der Waals surface area contributed by atoms with Crippen LogP contribution in [-0.4, -0.2) is 11.7 Å². The van der Waals surface area contributed by atoms with Crippen LogP contribution in [0.5, 0.6) is 5.75 Å². The van der Waals surface area contributed by atoms with Gasteiger partial charge in [0.2, 0.25) is 0 Å². The van der Waals surface area contributed by atoms with Crippen LogP contribution in [0.4, 0.5) is 0 Å². The predicted octanol–water partition coefficient (Wildman–Crippen LogP) is 5.99. The minimum Gasteiger partial charge on any atom is -0.508 e. The molecule has 0 radical (unpaired) electrons. The summed E-state index contributed by atoms with van der Waals surface area (Å²) in [5.41, 5.74) is 4.92. The van der Waals surface area contributed by atoms with E-state index >= 15 is 0 Å². The Bertz CT molecular complexity index is 762. The summed E-state index contributed by atoms with van der Waals surface area (Å²) in [6, 6.07) is 26.4. The van der Waals surface area contributed by atoms with Crippen LogP contribution in [0.2, 0.25) is 0 Å². The van der Waals surface area contributed by atoms with Gasteiger partial charge in [0.05, 0.1) is 6.61 Å². The van der Waals surface area contributed by atoms with Crippen LogP contribution in [0.25, 0.3) is 11.1 Å². The molecular weight excluding hydrogens is 320 g/mol. The Morgan fingerprint density at radius 3 is 1.96 bits per heavy atom. The van der Waals surface area contributed by atoms with Gasteiger partial charge in [-0.25, -0.2) is 0 Å². The lowest BCUT2D eigenvalue weighted by molar-refractivity contribution is 0.117. The number of unbranched alkanes of at least 4 members (excludes halogenated alkanes) is 2. The summed E-state index contributed by atoms with van der Waals surface area (Å²) in [7, 11) is 0. The molecule has 134 valence electrons. The summed E-state index contributed by atoms with van der Waals surface area (Å²) >= 11 is 0. The van der Waals surface area contributed by atoms with Gasteiger partial charge in [-0.2, -0.15) is 0 Å². The van der Waals surface area contributed by atoms with E-state index in [1.54, 1.807) is 12.1 Å². The fraction of sp³-hybridized carbons (Fsp3) is 0.250. The van der Waals surface area contributed by atoms with E-state index in [0.717, 1.165) is 25.0 Å². The van der Waals surface area contributed by atoms with E-state index in [1.165, 1.54) is 29.5 Å². The lowest BCUT2D eigenvalue weighted by Gasteiger charge is -2.06. The lowest BCUT2D eigenvalue weighted by atomic mass is 10.0. The molecule has 0 heterocycles. The zero-order chi connectivity index (χ0) is 18.0. The van der Waals surface area contributed by atoms with Crippen molar-refractivity contribution >= 4 is 0 Å². The molecule has 0 aliphatic rings. The number of rotatable bonds is 9. The van der Waals surface area contributed by atoms with Crippen molar-refractivity contribution < 1.29 is 9.84 Å². The predicted molar refractivity (Wildman–Crippen MR) is 107 cm³/mol. The van der Waals surface area contributed by atoms with Crippen molar-refractivity contribution in [3.8, 4) is 16.9 Å². The minimum absolute atomic E-state index is 0.304. The van der Waals surface area contributed by atoms with Crippen molar-refractivity contribution in [1.29, 1.82) is 0 Å². The van der Waals surface area contributed by atoms with E-state index in [0.29, 0.717) is 12.4 Å². The monoisotopic (exact) mass is 346 g/mol. The molecule has 0 atom stereocenters. The van der Waals surface area contributed by atoms with Gasteiger partial charge in [0.15, 0.2) is 0 Å². The molecule has 0 fully saturated rings. The first kappa shape index (κ1) is 18.2. The molecule has 0 unspecified atom stereocenters. The average molecular weight is 346 g/mol. The van der Waals surface area contributed by atoms with E-state index in [4.69, 9.17) is 4.74 Å². The number of hydrogen-bond acceptors (Lipinski definition) is 2. The highest BCUT2D eigenvalue weighted by Crippen LogP contribution is 2.22. The second-order valence-electron chi connectivity index (χ2n) is 6.59. The third-order valence-electron chi connectivity index (χ3n) is 4.52. The van der Waals surface area contributed by atoms with Crippen molar-refractivity contribution in [1.82, 2.24) is 0 Å². The summed E-state index contributed by atoms with van der Waals surface area (Å²) in [5, 5.41) is 9.37. The van der Waals surface area contributed by atoms with Crippen molar-refractivity contribution in [2.45, 2.75) is 32.3 Å². The quantitative estimate of drug-likeness (QED) is 0.482. The standard InChI is InChI=1S/C24H26O2/c25-24-16-14-23(15-17-24)22-12-10-20(11-13-22)7-5-2-6-18-26-19-21-8-3-1-4-9-21/h1,3-4,8-17,25H,2,5-7,18-19H2. The highest BCUT2D eigenvalue weighted by molar-refractivity contribution is 5.64. The fourth-order valence-corrected chi connectivity index (χ4v) is 2.99. The highest BCUT2D eigenvalue weighted by Gasteiger charge is 1.99. The lowest BCUT2D eigenvalue weighted by Crippen LogP contribution is -1.96. The molecule has 26 heavy (non-hydrogen) atoms. The molecule has 0 amide bonds. The SMILES string of the molecule is Oc1ccc(-c2ccc(CCCCCOCc3ccccc3)cc2)cc1. The number of aromatic hydroxyl groups is 1. The van der Waals surface area contributed by atoms with Crippen LogP contribution in [0.15, 0.2) is 78.9 Å². The van der Waals surface area contributed by atoms with E-state index in [2.05, 4.69) is 36.4 Å². The zero-order valence-corrected chi connectivity index (χ0v) is 15.1. The number of phenols is 1. The van der Waals surface area contributed by atoms with Crippen molar-refractivity contribution in [3.63, 3.8) is 0 Å². The van der Waals surface area contributed by atoms with Crippen molar-refractivity contribution in [3.05, 3.63) is 90.0 Å². The Labute approximate surface area is 156 Å². The Morgan fingerprint density at radius 2 is 1.27 bits per heavy atom. The molecule has 0 saturated carbocycles. The maximum atomic E-state index is 9.37. The third-order valence-corrected chi connectivity index (χ3v) is 4.52. The molecule has 3 rings (SSSR count). The third kappa shape index (κ3) is 5.75. The van der Waals surface area contributed by atoms with Gasteiger partial charge in [0, 0.05) is 6.61 Å². The minimum atomic E-state index is 0.304. The molecule has 1 N–H and O–H groups in total. The van der Waals surface area contributed by atoms with Crippen molar-refractivity contribution in [2.24, 2.45) is 0 Å². The van der Waals surface area contributed by atoms with Crippen LogP contribution in [0, 0.1) is 0 Å². The molecule has 2 nitrogen and oxygen atoms in total. The molecule has 0 aromatic heterocycles. The maximum absolute atomic E-state index is 9.37. The van der Waals surface area contributed by atoms with Gasteiger partial charge in [0.25, 0.3) is 0 Å². The van der Waals surface area contributed by atoms with Gasteiger partial charge in [-0.1, -0.05) is 73.2 Å². The fourth-order valence-electron chi connectivity index (χ4n) is 2.99. The molecular formula is C24H26O2. The van der Waals surface area contributed by atoms with Crippen LogP contribution in [-0.2, 0) is 17.8 Å². The average Bonchev–Trinajstić information content (AvgIpc) is 2.69. The van der Waals surface area contributed by atoms with E-state index in [9.17, 15) is 5.11 Å². The Balaban J connectivity index is 1.33. The number of ether oxygens (including phenoxy) is 1. The second kappa shape index (κ2) is 9.79. The first-order chi connectivity index (χ1) is 12.8. The van der Waals surface area contributed by atoms with Gasteiger partial charge in [0.1, 0.15) is 5.75 Å². The van der Waals surface area contributed by atoms with Crippen molar-refractivity contribution in [2.75, 3.05) is 6.61 Å². The Morgan fingerprint density at radius 1 is 0.615 bits per heavy atom. The highest BCUT2D eigenvalue weighted by atomic mass is 16.5. The van der Waals surface area contributed by atoms with Crippen LogP contribution in [0.1, 0.15) is 30.4 Å². The molecule has 3 aromatic rings. The molecule has 0 aliphatic carbocycles. The summed E-state index contributed by atoms with van der Waals surface area (Å²) in [5.74, 6) is 0.304. The summed E-state index contributed by atoms with van der Waals surface area (Å²) in [6.07, 6.45) is 4.59. The molecule has 0 spiro atoms. The summed E-state index contributed by atoms with van der Waals surface area (Å²) in [6.45, 7) is 1.54. The maximum Gasteiger partial charge on any atom is 0.115 e. The van der Waals surface area contributed by atoms with Crippen LogP contribution < -0.4 is 0 Å². The number of benzene rings is 3. The smallest absolute Gasteiger partial charge is 0.115 e. The number of aryl methyl sites for hydroxylation is 1. The largest absolute Gasteiger partial charge is 0.508 e. The number of phenolic OH excluding ortho intramolecular Hbond substituents is 1. The molecule has 0 bridgehead atoms. The first-order valence-electron chi connectivity index (χ1n) is 9.31. The van der Waals surface area contributed by atoms with Gasteiger partial charge >= 0.3 is 0 Å². The van der Waals surface area contributed by atoms with E-state index in [-0.39, 0.29) is 0 Å².